The first-order valence-electron chi connectivity index (χ1n) is 6.32. The maximum Gasteiger partial charge on any atom is 0.244 e. The molecule has 1 aliphatic rings. The standard InChI is InChI=1S/C13H17BrClNO3S/c1-19-9-11-4-5-16(8-11)20(17,18)13-3-2-10(7-15)6-12(13)14/h2-3,6,11H,4-5,7-9H2,1H3. The lowest BCUT2D eigenvalue weighted by Gasteiger charge is -2.18. The van der Waals surface area contributed by atoms with Crippen LogP contribution in [0.25, 0.3) is 0 Å². The second kappa shape index (κ2) is 6.75. The van der Waals surface area contributed by atoms with Crippen molar-refractivity contribution >= 4 is 37.6 Å². The fraction of sp³-hybridized carbons (Fsp3) is 0.538. The zero-order chi connectivity index (χ0) is 14.8. The average molecular weight is 383 g/mol. The van der Waals surface area contributed by atoms with Crippen molar-refractivity contribution in [1.29, 1.82) is 0 Å². The zero-order valence-corrected chi connectivity index (χ0v) is 14.3. The van der Waals surface area contributed by atoms with Gasteiger partial charge < -0.3 is 4.74 Å². The molecule has 1 atom stereocenters. The van der Waals surface area contributed by atoms with E-state index in [1.54, 1.807) is 25.3 Å². The van der Waals surface area contributed by atoms with Crippen LogP contribution in [0.5, 0.6) is 0 Å². The second-order valence-corrected chi connectivity index (χ2v) is 7.90. The molecular formula is C13H17BrClNO3S. The first-order chi connectivity index (χ1) is 9.48. The normalized spacial score (nSPS) is 20.4. The van der Waals surface area contributed by atoms with Crippen LogP contribution in [-0.2, 0) is 20.6 Å². The number of nitrogens with zero attached hydrogens (tertiary/aromatic N) is 1. The first-order valence-corrected chi connectivity index (χ1v) is 9.09. The molecule has 1 aromatic rings. The summed E-state index contributed by atoms with van der Waals surface area (Å²) in [5.74, 6) is 0.633. The minimum atomic E-state index is -3.46. The highest BCUT2D eigenvalue weighted by Crippen LogP contribution is 2.30. The molecule has 0 bridgehead atoms. The van der Waals surface area contributed by atoms with Crippen LogP contribution >= 0.6 is 27.5 Å². The third-order valence-electron chi connectivity index (χ3n) is 3.42. The van der Waals surface area contributed by atoms with Crippen molar-refractivity contribution in [3.8, 4) is 0 Å². The monoisotopic (exact) mass is 381 g/mol. The molecule has 20 heavy (non-hydrogen) atoms. The minimum Gasteiger partial charge on any atom is -0.384 e. The predicted molar refractivity (Wildman–Crippen MR) is 82.4 cm³/mol. The van der Waals surface area contributed by atoms with Crippen molar-refractivity contribution in [2.24, 2.45) is 5.92 Å². The summed E-state index contributed by atoms with van der Waals surface area (Å²) in [6.45, 7) is 1.65. The predicted octanol–water partition coefficient (Wildman–Crippen LogP) is 2.84. The van der Waals surface area contributed by atoms with Crippen molar-refractivity contribution in [3.63, 3.8) is 0 Å². The van der Waals surface area contributed by atoms with E-state index in [0.717, 1.165) is 12.0 Å². The molecule has 1 aliphatic heterocycles. The Hall–Kier alpha value is -0.140. The third-order valence-corrected chi connectivity index (χ3v) is 6.57. The maximum atomic E-state index is 12.6. The van der Waals surface area contributed by atoms with Crippen LogP contribution in [0.15, 0.2) is 27.6 Å². The van der Waals surface area contributed by atoms with Gasteiger partial charge in [-0.3, -0.25) is 0 Å². The third kappa shape index (κ3) is 3.36. The number of benzene rings is 1. The van der Waals surface area contributed by atoms with Gasteiger partial charge in [-0.25, -0.2) is 8.42 Å². The van der Waals surface area contributed by atoms with Gasteiger partial charge in [0.05, 0.1) is 11.5 Å². The Kier molecular flexibility index (Phi) is 5.48. The molecule has 0 N–H and O–H groups in total. The van der Waals surface area contributed by atoms with Crippen molar-refractivity contribution < 1.29 is 13.2 Å². The van der Waals surface area contributed by atoms with Gasteiger partial charge in [-0.1, -0.05) is 6.07 Å². The van der Waals surface area contributed by atoms with Crippen LogP contribution in [-0.4, -0.2) is 39.5 Å². The molecule has 1 unspecified atom stereocenters. The molecule has 4 nitrogen and oxygen atoms in total. The van der Waals surface area contributed by atoms with Gasteiger partial charge in [0, 0.05) is 30.6 Å². The van der Waals surface area contributed by atoms with Crippen LogP contribution in [0.1, 0.15) is 12.0 Å². The highest BCUT2D eigenvalue weighted by molar-refractivity contribution is 9.10. The highest BCUT2D eigenvalue weighted by Gasteiger charge is 2.33. The molecule has 0 amide bonds. The summed E-state index contributed by atoms with van der Waals surface area (Å²) in [6, 6.07) is 5.11. The summed E-state index contributed by atoms with van der Waals surface area (Å²) >= 11 is 9.08. The number of rotatable bonds is 5. The molecule has 0 saturated carbocycles. The Morgan fingerprint density at radius 2 is 2.25 bits per heavy atom. The van der Waals surface area contributed by atoms with Crippen LogP contribution in [0, 0.1) is 5.92 Å². The van der Waals surface area contributed by atoms with Crippen LogP contribution < -0.4 is 0 Å². The Labute approximate surface area is 133 Å². The Balaban J connectivity index is 2.23. The summed E-state index contributed by atoms with van der Waals surface area (Å²) in [5.41, 5.74) is 0.885. The lowest BCUT2D eigenvalue weighted by molar-refractivity contribution is 0.157. The molecule has 0 spiro atoms. The lowest BCUT2D eigenvalue weighted by Crippen LogP contribution is -2.29. The number of hydrogen-bond acceptors (Lipinski definition) is 3. The van der Waals surface area contributed by atoms with E-state index < -0.39 is 10.0 Å². The van der Waals surface area contributed by atoms with E-state index in [4.69, 9.17) is 16.3 Å². The van der Waals surface area contributed by atoms with Crippen molar-refractivity contribution in [3.05, 3.63) is 28.2 Å². The van der Waals surface area contributed by atoms with Crippen LogP contribution in [0.2, 0.25) is 0 Å². The van der Waals surface area contributed by atoms with Crippen molar-refractivity contribution in [1.82, 2.24) is 4.31 Å². The summed E-state index contributed by atoms with van der Waals surface area (Å²) in [4.78, 5) is 0.296. The van der Waals surface area contributed by atoms with Crippen LogP contribution in [0.3, 0.4) is 0 Å². The minimum absolute atomic E-state index is 0.274. The van der Waals surface area contributed by atoms with Gasteiger partial charge in [-0.2, -0.15) is 4.31 Å². The van der Waals surface area contributed by atoms with Gasteiger partial charge in [0.25, 0.3) is 0 Å². The fourth-order valence-corrected chi connectivity index (χ4v) is 5.15. The Morgan fingerprint density at radius 1 is 1.50 bits per heavy atom. The second-order valence-electron chi connectivity index (χ2n) is 4.87. The summed E-state index contributed by atoms with van der Waals surface area (Å²) in [6.07, 6.45) is 0.838. The molecule has 0 radical (unpaired) electrons. The van der Waals surface area contributed by atoms with Crippen molar-refractivity contribution in [2.45, 2.75) is 17.2 Å². The Morgan fingerprint density at radius 3 is 2.85 bits per heavy atom. The number of sulfonamides is 1. The molecule has 2 rings (SSSR count). The molecule has 1 aromatic carbocycles. The SMILES string of the molecule is COCC1CCN(S(=O)(=O)c2ccc(CCl)cc2Br)C1. The molecule has 1 heterocycles. The van der Waals surface area contributed by atoms with E-state index >= 15 is 0 Å². The smallest absolute Gasteiger partial charge is 0.244 e. The molecule has 7 heteroatoms. The molecule has 0 aromatic heterocycles. The summed E-state index contributed by atoms with van der Waals surface area (Å²) in [7, 11) is -1.82. The molecule has 1 fully saturated rings. The fourth-order valence-electron chi connectivity index (χ4n) is 2.36. The van der Waals surface area contributed by atoms with E-state index in [-0.39, 0.29) is 5.92 Å². The van der Waals surface area contributed by atoms with Gasteiger partial charge in [-0.05, 0) is 46.0 Å². The lowest BCUT2D eigenvalue weighted by atomic mass is 10.1. The van der Waals surface area contributed by atoms with Crippen molar-refractivity contribution in [2.75, 3.05) is 26.8 Å². The van der Waals surface area contributed by atoms with E-state index in [9.17, 15) is 8.42 Å². The van der Waals surface area contributed by atoms with Gasteiger partial charge in [0.15, 0.2) is 0 Å². The quantitative estimate of drug-likeness (QED) is 0.736. The molecular weight excluding hydrogens is 366 g/mol. The number of halogens is 2. The largest absolute Gasteiger partial charge is 0.384 e. The number of ether oxygens (including phenoxy) is 1. The van der Waals surface area contributed by atoms with Gasteiger partial charge in [0.2, 0.25) is 10.0 Å². The topological polar surface area (TPSA) is 46.6 Å². The van der Waals surface area contributed by atoms with E-state index in [1.807, 2.05) is 0 Å². The average Bonchev–Trinajstić information content (AvgIpc) is 2.88. The molecule has 112 valence electrons. The number of hydrogen-bond donors (Lipinski definition) is 0. The van der Waals surface area contributed by atoms with E-state index in [1.165, 1.54) is 4.31 Å². The molecule has 0 aliphatic carbocycles. The number of alkyl halides is 1. The first kappa shape index (κ1) is 16.2. The zero-order valence-electron chi connectivity index (χ0n) is 11.2. The van der Waals surface area contributed by atoms with Gasteiger partial charge in [0.1, 0.15) is 0 Å². The van der Waals surface area contributed by atoms with E-state index in [0.29, 0.717) is 34.9 Å². The Bertz CT molecular complexity index is 579. The van der Waals surface area contributed by atoms with Gasteiger partial charge in [-0.15, -0.1) is 11.6 Å². The maximum absolute atomic E-state index is 12.6. The summed E-state index contributed by atoms with van der Waals surface area (Å²) < 4.78 is 32.4. The van der Waals surface area contributed by atoms with Crippen LogP contribution in [0.4, 0.5) is 0 Å². The van der Waals surface area contributed by atoms with Gasteiger partial charge >= 0.3 is 0 Å². The summed E-state index contributed by atoms with van der Waals surface area (Å²) in [5, 5.41) is 0. The van der Waals surface area contributed by atoms with E-state index in [2.05, 4.69) is 15.9 Å². The highest BCUT2D eigenvalue weighted by atomic mass is 79.9. The number of methoxy groups -OCH3 is 1. The molecule has 1 saturated heterocycles.